The highest BCUT2D eigenvalue weighted by molar-refractivity contribution is 5.87. The standard InChI is InChI=1S/C39H35NO10/c1-25-36(28-13-17-32-34(21-28)46-20-8-19-45-32)37(42)30-15-14-29(22-33(30)49-25)50-38(43)31(40-39(44)48-24-27-11-6-3-7-12-27)16-18-35(41)47-23-26-9-4-2-5-10-26/h2-7,9-15,17,21-22,31H,8,16,18-20,23-24H2,1H3,(H,40,44)/t31-/m1/s1. The molecule has 0 unspecified atom stereocenters. The summed E-state index contributed by atoms with van der Waals surface area (Å²) in [4.78, 5) is 52.3. The number of alkyl carbamates (subject to hydrolysis) is 1. The van der Waals surface area contributed by atoms with Gasteiger partial charge in [-0.3, -0.25) is 9.59 Å². The minimum atomic E-state index is -1.26. The van der Waals surface area contributed by atoms with Crippen molar-refractivity contribution in [1.82, 2.24) is 5.32 Å². The molecule has 1 aromatic heterocycles. The SMILES string of the molecule is Cc1oc2cc(OC(=O)[C@@H](CCC(=O)OCc3ccccc3)NC(=O)OCc3ccccc3)ccc2c(=O)c1-c1ccc2c(c1)OCCCO2. The number of carbonyl (C=O) groups is 3. The molecule has 1 aliphatic rings. The third-order valence-corrected chi connectivity index (χ3v) is 7.96. The number of ether oxygens (including phenoxy) is 5. The molecule has 0 spiro atoms. The normalized spacial score (nSPS) is 12.7. The van der Waals surface area contributed by atoms with Gasteiger partial charge in [-0.15, -0.1) is 0 Å². The van der Waals surface area contributed by atoms with E-state index in [0.717, 1.165) is 17.5 Å². The van der Waals surface area contributed by atoms with Gasteiger partial charge in [0, 0.05) is 18.9 Å². The van der Waals surface area contributed by atoms with Crippen LogP contribution >= 0.6 is 0 Å². The second kappa shape index (κ2) is 15.9. The highest BCUT2D eigenvalue weighted by Gasteiger charge is 2.26. The second-order valence-electron chi connectivity index (χ2n) is 11.6. The van der Waals surface area contributed by atoms with E-state index in [4.69, 9.17) is 28.1 Å². The predicted octanol–water partition coefficient (Wildman–Crippen LogP) is 6.65. The molecule has 50 heavy (non-hydrogen) atoms. The summed E-state index contributed by atoms with van der Waals surface area (Å²) < 4.78 is 33.8. The Labute approximate surface area is 287 Å². The molecule has 1 amide bonds. The molecule has 0 fully saturated rings. The van der Waals surface area contributed by atoms with Gasteiger partial charge in [0.25, 0.3) is 0 Å². The van der Waals surface area contributed by atoms with Crippen LogP contribution in [0.4, 0.5) is 4.79 Å². The first-order chi connectivity index (χ1) is 24.3. The minimum absolute atomic E-state index is 0.0230. The quantitative estimate of drug-likeness (QED) is 0.119. The smallest absolute Gasteiger partial charge is 0.408 e. The number of hydrogen-bond donors (Lipinski definition) is 1. The molecule has 11 nitrogen and oxygen atoms in total. The number of aryl methyl sites for hydroxylation is 1. The first kappa shape index (κ1) is 33.8. The first-order valence-electron chi connectivity index (χ1n) is 16.2. The van der Waals surface area contributed by atoms with Crippen molar-refractivity contribution in [3.05, 3.63) is 124 Å². The van der Waals surface area contributed by atoms with Crippen LogP contribution in [0.5, 0.6) is 17.2 Å². The van der Waals surface area contributed by atoms with E-state index in [1.807, 2.05) is 48.5 Å². The number of carbonyl (C=O) groups excluding carboxylic acids is 3. The molecule has 6 rings (SSSR count). The molecule has 4 aromatic carbocycles. The Kier molecular flexibility index (Phi) is 10.7. The van der Waals surface area contributed by atoms with E-state index in [1.54, 1.807) is 37.3 Å². The molecule has 1 aliphatic heterocycles. The Morgan fingerprint density at radius 2 is 1.48 bits per heavy atom. The molecule has 11 heteroatoms. The van der Waals surface area contributed by atoms with Gasteiger partial charge in [-0.05, 0) is 54.3 Å². The van der Waals surface area contributed by atoms with Crippen LogP contribution in [0.3, 0.4) is 0 Å². The zero-order valence-corrected chi connectivity index (χ0v) is 27.3. The summed E-state index contributed by atoms with van der Waals surface area (Å²) in [5, 5.41) is 2.78. The molecule has 0 radical (unpaired) electrons. The van der Waals surface area contributed by atoms with Gasteiger partial charge in [0.2, 0.25) is 5.43 Å². The summed E-state index contributed by atoms with van der Waals surface area (Å²) in [6, 6.07) is 26.7. The molecule has 0 saturated carbocycles. The van der Waals surface area contributed by atoms with Crippen LogP contribution in [-0.2, 0) is 32.3 Å². The lowest BCUT2D eigenvalue weighted by atomic mass is 10.0. The van der Waals surface area contributed by atoms with E-state index in [-0.39, 0.29) is 48.2 Å². The minimum Gasteiger partial charge on any atom is -0.490 e. The summed E-state index contributed by atoms with van der Waals surface area (Å²) >= 11 is 0. The highest BCUT2D eigenvalue weighted by Crippen LogP contribution is 2.35. The molecule has 0 saturated heterocycles. The molecule has 0 aliphatic carbocycles. The van der Waals surface area contributed by atoms with Crippen molar-refractivity contribution < 1.29 is 42.5 Å². The predicted molar refractivity (Wildman–Crippen MR) is 183 cm³/mol. The lowest BCUT2D eigenvalue weighted by molar-refractivity contribution is -0.145. The summed E-state index contributed by atoms with van der Waals surface area (Å²) in [6.07, 6.45) is -0.409. The van der Waals surface area contributed by atoms with Gasteiger partial charge in [0.05, 0.1) is 24.2 Å². The topological polar surface area (TPSA) is 140 Å². The number of amides is 1. The average Bonchev–Trinajstić information content (AvgIpc) is 3.37. The Balaban J connectivity index is 1.17. The van der Waals surface area contributed by atoms with Gasteiger partial charge in [-0.1, -0.05) is 66.7 Å². The largest absolute Gasteiger partial charge is 0.490 e. The summed E-state index contributed by atoms with van der Waals surface area (Å²) in [5.41, 5.74) is 2.49. The zero-order valence-electron chi connectivity index (χ0n) is 27.3. The van der Waals surface area contributed by atoms with Crippen LogP contribution in [-0.4, -0.2) is 37.3 Å². The van der Waals surface area contributed by atoms with Gasteiger partial charge < -0.3 is 33.4 Å². The molecule has 5 aromatic rings. The van der Waals surface area contributed by atoms with Gasteiger partial charge >= 0.3 is 18.0 Å². The molecular formula is C39H35NO10. The van der Waals surface area contributed by atoms with Crippen LogP contribution in [0.2, 0.25) is 0 Å². The maximum absolute atomic E-state index is 13.7. The Morgan fingerprint density at radius 3 is 2.20 bits per heavy atom. The molecule has 1 N–H and O–H groups in total. The summed E-state index contributed by atoms with van der Waals surface area (Å²) in [7, 11) is 0. The molecule has 1 atom stereocenters. The van der Waals surface area contributed by atoms with E-state index in [2.05, 4.69) is 5.32 Å². The van der Waals surface area contributed by atoms with Crippen LogP contribution in [0.1, 0.15) is 36.1 Å². The van der Waals surface area contributed by atoms with Crippen molar-refractivity contribution in [2.24, 2.45) is 0 Å². The van der Waals surface area contributed by atoms with Crippen LogP contribution in [0.25, 0.3) is 22.1 Å². The van der Waals surface area contributed by atoms with Crippen molar-refractivity contribution in [3.8, 4) is 28.4 Å². The van der Waals surface area contributed by atoms with Crippen molar-refractivity contribution >= 4 is 29.0 Å². The monoisotopic (exact) mass is 677 g/mol. The fraction of sp³-hybridized carbons (Fsp3) is 0.231. The Hall–Kier alpha value is -6.10. The molecule has 256 valence electrons. The van der Waals surface area contributed by atoms with Gasteiger partial charge in [0.15, 0.2) is 11.5 Å². The average molecular weight is 678 g/mol. The van der Waals surface area contributed by atoms with Crippen LogP contribution in [0.15, 0.2) is 106 Å². The third kappa shape index (κ3) is 8.48. The summed E-state index contributed by atoms with van der Waals surface area (Å²) in [6.45, 7) is 2.78. The highest BCUT2D eigenvalue weighted by atomic mass is 16.6. The first-order valence-corrected chi connectivity index (χ1v) is 16.2. The van der Waals surface area contributed by atoms with Crippen LogP contribution < -0.4 is 25.0 Å². The number of fused-ring (bicyclic) bond motifs is 2. The molecule has 2 heterocycles. The number of hydrogen-bond acceptors (Lipinski definition) is 10. The number of nitrogens with one attached hydrogen (secondary N) is 1. The maximum atomic E-state index is 13.7. The summed E-state index contributed by atoms with van der Waals surface area (Å²) in [5.74, 6) is 0.192. The van der Waals surface area contributed by atoms with Crippen molar-refractivity contribution in [1.29, 1.82) is 0 Å². The molecule has 0 bridgehead atoms. The van der Waals surface area contributed by atoms with E-state index in [9.17, 15) is 19.2 Å². The lowest BCUT2D eigenvalue weighted by Crippen LogP contribution is -2.43. The van der Waals surface area contributed by atoms with Crippen molar-refractivity contribution in [2.45, 2.75) is 45.4 Å². The molecular weight excluding hydrogens is 642 g/mol. The zero-order chi connectivity index (χ0) is 34.9. The van der Waals surface area contributed by atoms with Crippen molar-refractivity contribution in [2.75, 3.05) is 13.2 Å². The van der Waals surface area contributed by atoms with Crippen molar-refractivity contribution in [3.63, 3.8) is 0 Å². The Morgan fingerprint density at radius 1 is 0.800 bits per heavy atom. The Bertz CT molecular complexity index is 2040. The van der Waals surface area contributed by atoms with E-state index in [1.165, 1.54) is 18.2 Å². The van der Waals surface area contributed by atoms with Gasteiger partial charge in [-0.25, -0.2) is 9.59 Å². The van der Waals surface area contributed by atoms with Gasteiger partial charge in [-0.2, -0.15) is 0 Å². The van der Waals surface area contributed by atoms with E-state index >= 15 is 0 Å². The van der Waals surface area contributed by atoms with E-state index < -0.39 is 24.1 Å². The van der Waals surface area contributed by atoms with Crippen LogP contribution in [0, 0.1) is 6.92 Å². The van der Waals surface area contributed by atoms with Gasteiger partial charge in [0.1, 0.15) is 36.3 Å². The van der Waals surface area contributed by atoms with E-state index in [0.29, 0.717) is 41.6 Å². The third-order valence-electron chi connectivity index (χ3n) is 7.96. The fourth-order valence-corrected chi connectivity index (χ4v) is 5.42. The second-order valence-corrected chi connectivity index (χ2v) is 11.6. The fourth-order valence-electron chi connectivity index (χ4n) is 5.42. The maximum Gasteiger partial charge on any atom is 0.408 e. The lowest BCUT2D eigenvalue weighted by Gasteiger charge is -2.17. The number of esters is 2. The number of benzene rings is 4. The number of rotatable bonds is 11.